The van der Waals surface area contributed by atoms with Gasteiger partial charge in [0.2, 0.25) is 0 Å². The third-order valence-electron chi connectivity index (χ3n) is 4.34. The summed E-state index contributed by atoms with van der Waals surface area (Å²) in [6.45, 7) is 0. The molecule has 1 aromatic heterocycles. The average molecular weight is 299 g/mol. The van der Waals surface area contributed by atoms with Gasteiger partial charge in [0, 0.05) is 6.42 Å². The highest BCUT2D eigenvalue weighted by atomic mass is 16.5. The fraction of sp³-hybridized carbons (Fsp3) is 0.267. The molecule has 2 atom stereocenters. The van der Waals surface area contributed by atoms with E-state index in [1.54, 1.807) is 42.5 Å². The summed E-state index contributed by atoms with van der Waals surface area (Å²) >= 11 is 0. The number of fused-ring (bicyclic) bond motifs is 5. The summed E-state index contributed by atoms with van der Waals surface area (Å²) in [7, 11) is 1.28. The topological polar surface area (TPSA) is 75.2 Å². The van der Waals surface area contributed by atoms with Gasteiger partial charge in [-0.05, 0) is 18.2 Å². The van der Waals surface area contributed by atoms with Gasteiger partial charge in [0.15, 0.2) is 5.54 Å². The first-order valence-corrected chi connectivity index (χ1v) is 6.90. The Labute approximate surface area is 124 Å². The maximum Gasteiger partial charge on any atom is 0.353 e. The maximum atomic E-state index is 12.8. The molecule has 0 spiro atoms. The predicted molar refractivity (Wildman–Crippen MR) is 77.1 cm³/mol. The number of hydrogen-bond donors (Lipinski definition) is 0. The SMILES string of the molecule is COC(=O)[C@]12C=C[C@H](C1)n1c(=O)n(-c3ccccc3)c(=O)n12. The molecule has 2 aliphatic rings. The largest absolute Gasteiger partial charge is 0.467 e. The average Bonchev–Trinajstić information content (AvgIpc) is 3.19. The molecule has 0 radical (unpaired) electrons. The zero-order valence-electron chi connectivity index (χ0n) is 11.8. The molecule has 7 heteroatoms. The minimum Gasteiger partial charge on any atom is -0.467 e. The number of methoxy groups -OCH3 is 1. The van der Waals surface area contributed by atoms with E-state index in [0.29, 0.717) is 12.1 Å². The van der Waals surface area contributed by atoms with E-state index in [2.05, 4.69) is 0 Å². The minimum absolute atomic E-state index is 0.302. The Bertz CT molecular complexity index is 918. The van der Waals surface area contributed by atoms with Crippen LogP contribution < -0.4 is 11.4 Å². The number of allylic oxidation sites excluding steroid dienone is 1. The number of esters is 1. The Morgan fingerprint density at radius 1 is 1.23 bits per heavy atom. The van der Waals surface area contributed by atoms with Crippen LogP contribution in [0.15, 0.2) is 52.1 Å². The monoisotopic (exact) mass is 299 g/mol. The summed E-state index contributed by atoms with van der Waals surface area (Å²) in [6.07, 6.45) is 3.77. The summed E-state index contributed by atoms with van der Waals surface area (Å²) < 4.78 is 8.49. The van der Waals surface area contributed by atoms with E-state index in [1.807, 2.05) is 0 Å². The second-order valence-electron chi connectivity index (χ2n) is 5.44. The summed E-state index contributed by atoms with van der Waals surface area (Å²) in [5.74, 6) is -0.537. The van der Waals surface area contributed by atoms with Crippen LogP contribution in [0.3, 0.4) is 0 Å². The molecule has 2 aromatic rings. The van der Waals surface area contributed by atoms with E-state index >= 15 is 0 Å². The molecule has 112 valence electrons. The molecule has 0 unspecified atom stereocenters. The Balaban J connectivity index is 2.03. The van der Waals surface area contributed by atoms with Crippen molar-refractivity contribution in [2.75, 3.05) is 7.11 Å². The summed E-state index contributed by atoms with van der Waals surface area (Å²) in [6, 6.07) is 8.36. The lowest BCUT2D eigenvalue weighted by Crippen LogP contribution is -2.45. The molecule has 1 aliphatic carbocycles. The van der Waals surface area contributed by atoms with Crippen molar-refractivity contribution < 1.29 is 9.53 Å². The van der Waals surface area contributed by atoms with Crippen LogP contribution in [-0.2, 0) is 15.1 Å². The van der Waals surface area contributed by atoms with Crippen LogP contribution in [0, 0.1) is 0 Å². The molecular weight excluding hydrogens is 286 g/mol. The van der Waals surface area contributed by atoms with Gasteiger partial charge >= 0.3 is 17.3 Å². The van der Waals surface area contributed by atoms with E-state index < -0.39 is 22.9 Å². The van der Waals surface area contributed by atoms with Crippen LogP contribution in [0.25, 0.3) is 5.69 Å². The Hall–Kier alpha value is -2.83. The number of benzene rings is 1. The summed E-state index contributed by atoms with van der Waals surface area (Å²) in [5, 5.41) is 0. The minimum atomic E-state index is -1.21. The maximum absolute atomic E-state index is 12.8. The Kier molecular flexibility index (Phi) is 2.40. The van der Waals surface area contributed by atoms with Gasteiger partial charge in [-0.2, -0.15) is 0 Å². The van der Waals surface area contributed by atoms with Gasteiger partial charge in [-0.25, -0.2) is 28.3 Å². The van der Waals surface area contributed by atoms with Crippen LogP contribution >= 0.6 is 0 Å². The molecule has 22 heavy (non-hydrogen) atoms. The van der Waals surface area contributed by atoms with Gasteiger partial charge in [0.1, 0.15) is 0 Å². The van der Waals surface area contributed by atoms with Gasteiger partial charge < -0.3 is 4.74 Å². The van der Waals surface area contributed by atoms with Gasteiger partial charge in [-0.15, -0.1) is 0 Å². The molecule has 0 amide bonds. The number of para-hydroxylation sites is 1. The molecule has 1 aromatic carbocycles. The number of carbonyl (C=O) groups is 1. The lowest BCUT2D eigenvalue weighted by atomic mass is 10.0. The summed E-state index contributed by atoms with van der Waals surface area (Å²) in [5.41, 5.74) is -1.72. The number of rotatable bonds is 2. The van der Waals surface area contributed by atoms with Gasteiger partial charge in [-0.3, -0.25) is 0 Å². The molecule has 1 aliphatic heterocycles. The van der Waals surface area contributed by atoms with Crippen molar-refractivity contribution in [2.24, 2.45) is 0 Å². The summed E-state index contributed by atoms with van der Waals surface area (Å²) in [4.78, 5) is 37.6. The van der Waals surface area contributed by atoms with Crippen molar-refractivity contribution in [2.45, 2.75) is 18.0 Å². The Morgan fingerprint density at radius 3 is 2.64 bits per heavy atom. The van der Waals surface area contributed by atoms with Crippen molar-refractivity contribution in [1.82, 2.24) is 13.9 Å². The molecular formula is C15H13N3O4. The van der Waals surface area contributed by atoms with Crippen molar-refractivity contribution in [1.29, 1.82) is 0 Å². The Morgan fingerprint density at radius 2 is 1.95 bits per heavy atom. The molecule has 0 saturated carbocycles. The third kappa shape index (κ3) is 1.33. The van der Waals surface area contributed by atoms with E-state index in [0.717, 1.165) is 4.57 Å². The fourth-order valence-electron chi connectivity index (χ4n) is 3.37. The van der Waals surface area contributed by atoms with Crippen LogP contribution in [-0.4, -0.2) is 27.0 Å². The van der Waals surface area contributed by atoms with E-state index in [4.69, 9.17) is 4.74 Å². The molecule has 2 heterocycles. The van der Waals surface area contributed by atoms with Crippen LogP contribution in [0.1, 0.15) is 12.5 Å². The van der Waals surface area contributed by atoms with Crippen LogP contribution in [0.4, 0.5) is 0 Å². The number of ether oxygens (including phenoxy) is 1. The van der Waals surface area contributed by atoms with Gasteiger partial charge in [0.05, 0.1) is 18.8 Å². The molecule has 2 bridgehead atoms. The van der Waals surface area contributed by atoms with Gasteiger partial charge in [-0.1, -0.05) is 24.3 Å². The highest BCUT2D eigenvalue weighted by Crippen LogP contribution is 2.42. The normalized spacial score (nSPS) is 24.5. The highest BCUT2D eigenvalue weighted by Gasteiger charge is 2.54. The van der Waals surface area contributed by atoms with Crippen LogP contribution in [0.5, 0.6) is 0 Å². The lowest BCUT2D eigenvalue weighted by molar-refractivity contribution is -0.148. The molecule has 0 N–H and O–H groups in total. The molecule has 0 fully saturated rings. The second kappa shape index (κ2) is 4.09. The number of hydrogen-bond acceptors (Lipinski definition) is 4. The van der Waals surface area contributed by atoms with E-state index in [-0.39, 0.29) is 6.04 Å². The van der Waals surface area contributed by atoms with Crippen LogP contribution in [0.2, 0.25) is 0 Å². The second-order valence-corrected chi connectivity index (χ2v) is 5.44. The molecule has 0 saturated heterocycles. The lowest BCUT2D eigenvalue weighted by Gasteiger charge is -2.21. The number of aromatic nitrogens is 3. The molecule has 4 rings (SSSR count). The quantitative estimate of drug-likeness (QED) is 0.586. The van der Waals surface area contributed by atoms with E-state index in [9.17, 15) is 14.4 Å². The van der Waals surface area contributed by atoms with Crippen molar-refractivity contribution in [3.63, 3.8) is 0 Å². The first-order chi connectivity index (χ1) is 10.6. The van der Waals surface area contributed by atoms with Crippen molar-refractivity contribution >= 4 is 5.97 Å². The first kappa shape index (κ1) is 12.9. The fourth-order valence-corrected chi connectivity index (χ4v) is 3.37. The zero-order chi connectivity index (χ0) is 15.5. The zero-order valence-corrected chi connectivity index (χ0v) is 11.8. The van der Waals surface area contributed by atoms with E-state index in [1.165, 1.54) is 16.5 Å². The predicted octanol–water partition coefficient (Wildman–Crippen LogP) is 0.184. The smallest absolute Gasteiger partial charge is 0.353 e. The number of carbonyl (C=O) groups excluding carboxylic acids is 1. The first-order valence-electron chi connectivity index (χ1n) is 6.90. The molecule has 7 nitrogen and oxygen atoms in total. The van der Waals surface area contributed by atoms with Gasteiger partial charge in [0.25, 0.3) is 0 Å². The standard InChI is InChI=1S/C15H13N3O4/c1-22-12(19)15-8-7-11(9-15)17-13(20)16(14(21)18(15)17)10-5-3-2-4-6-10/h2-8,11H,9H2,1H3/t11-,15+/m1/s1. The third-order valence-corrected chi connectivity index (χ3v) is 4.34. The van der Waals surface area contributed by atoms with Crippen molar-refractivity contribution in [3.05, 3.63) is 63.5 Å². The highest BCUT2D eigenvalue weighted by molar-refractivity contribution is 5.82. The van der Waals surface area contributed by atoms with Crippen molar-refractivity contribution in [3.8, 4) is 5.69 Å². The number of nitrogens with zero attached hydrogens (tertiary/aromatic N) is 3.